The van der Waals surface area contributed by atoms with Crippen molar-refractivity contribution in [3.63, 3.8) is 0 Å². The van der Waals surface area contributed by atoms with E-state index in [-0.39, 0.29) is 0 Å². The third-order valence-corrected chi connectivity index (χ3v) is 3.32. The molecular formula is C11H16O. The average molecular weight is 164 g/mol. The topological polar surface area (TPSA) is 17.1 Å². The normalized spacial score (nSPS) is 41.1. The van der Waals surface area contributed by atoms with Gasteiger partial charge in [-0.2, -0.15) is 0 Å². The number of hydrogen-bond acceptors (Lipinski definition) is 1. The zero-order valence-electron chi connectivity index (χ0n) is 7.62. The highest BCUT2D eigenvalue weighted by Gasteiger charge is 2.35. The molecule has 1 saturated carbocycles. The largest absolute Gasteiger partial charge is 0.299 e. The van der Waals surface area contributed by atoms with E-state index in [4.69, 9.17) is 0 Å². The highest BCUT2D eigenvalue weighted by molar-refractivity contribution is 5.82. The Balaban J connectivity index is 2.20. The summed E-state index contributed by atoms with van der Waals surface area (Å²) in [6.45, 7) is 2.18. The summed E-state index contributed by atoms with van der Waals surface area (Å²) in [7, 11) is 0. The van der Waals surface area contributed by atoms with E-state index in [1.165, 1.54) is 6.42 Å². The molecule has 0 N–H and O–H groups in total. The predicted octanol–water partition coefficient (Wildman–Crippen LogP) is 2.57. The van der Waals surface area contributed by atoms with Gasteiger partial charge in [-0.05, 0) is 31.1 Å². The zero-order chi connectivity index (χ0) is 8.55. The van der Waals surface area contributed by atoms with Gasteiger partial charge in [0.2, 0.25) is 0 Å². The van der Waals surface area contributed by atoms with Crippen LogP contribution in [0.5, 0.6) is 0 Å². The second kappa shape index (κ2) is 3.04. The molecule has 1 nitrogen and oxygen atoms in total. The number of rotatable bonds is 0. The summed E-state index contributed by atoms with van der Waals surface area (Å²) in [6.07, 6.45) is 8.83. The van der Waals surface area contributed by atoms with Crippen LogP contribution in [-0.2, 0) is 4.79 Å². The van der Waals surface area contributed by atoms with Crippen LogP contribution in [0.25, 0.3) is 0 Å². The van der Waals surface area contributed by atoms with Gasteiger partial charge in [-0.1, -0.05) is 19.1 Å². The molecule has 0 aromatic rings. The number of hydrogen-bond donors (Lipinski definition) is 0. The van der Waals surface area contributed by atoms with Gasteiger partial charge in [0, 0.05) is 12.3 Å². The second-order valence-corrected chi connectivity index (χ2v) is 4.17. The third-order valence-electron chi connectivity index (χ3n) is 3.32. The average Bonchev–Trinajstić information content (AvgIpc) is 2.04. The van der Waals surface area contributed by atoms with Gasteiger partial charge in [-0.3, -0.25) is 4.79 Å². The van der Waals surface area contributed by atoms with Crippen LogP contribution in [0, 0.1) is 17.8 Å². The molecule has 0 aliphatic heterocycles. The van der Waals surface area contributed by atoms with Gasteiger partial charge in [-0.15, -0.1) is 0 Å². The minimum absolute atomic E-state index is 0.365. The molecule has 0 aromatic heterocycles. The fourth-order valence-electron chi connectivity index (χ4n) is 2.72. The third kappa shape index (κ3) is 1.21. The van der Waals surface area contributed by atoms with Crippen LogP contribution in [0.1, 0.15) is 32.6 Å². The van der Waals surface area contributed by atoms with Crippen molar-refractivity contribution >= 4 is 5.78 Å². The number of Topliss-reactive ketones (excluding diaryl/α,β-unsaturated/α-hetero) is 1. The minimum atomic E-state index is 0.365. The molecule has 2 aliphatic rings. The van der Waals surface area contributed by atoms with E-state index in [0.29, 0.717) is 23.5 Å². The van der Waals surface area contributed by atoms with Crippen molar-refractivity contribution in [1.82, 2.24) is 0 Å². The number of allylic oxidation sites excluding steroid dienone is 2. The van der Waals surface area contributed by atoms with Gasteiger partial charge in [0.05, 0.1) is 0 Å². The van der Waals surface area contributed by atoms with Crippen molar-refractivity contribution in [2.45, 2.75) is 32.6 Å². The molecule has 2 rings (SSSR count). The summed E-state index contributed by atoms with van der Waals surface area (Å²) < 4.78 is 0. The fourth-order valence-corrected chi connectivity index (χ4v) is 2.72. The first-order valence-corrected chi connectivity index (χ1v) is 4.98. The first-order valence-electron chi connectivity index (χ1n) is 4.98. The van der Waals surface area contributed by atoms with E-state index in [2.05, 4.69) is 19.1 Å². The van der Waals surface area contributed by atoms with Crippen molar-refractivity contribution in [3.05, 3.63) is 12.2 Å². The molecule has 12 heavy (non-hydrogen) atoms. The maximum absolute atomic E-state index is 11.6. The van der Waals surface area contributed by atoms with Crippen LogP contribution in [0.3, 0.4) is 0 Å². The first-order chi connectivity index (χ1) is 5.79. The van der Waals surface area contributed by atoms with Crippen LogP contribution >= 0.6 is 0 Å². The van der Waals surface area contributed by atoms with Crippen molar-refractivity contribution in [1.29, 1.82) is 0 Å². The van der Waals surface area contributed by atoms with E-state index in [0.717, 1.165) is 19.3 Å². The monoisotopic (exact) mass is 164 g/mol. The lowest BCUT2D eigenvalue weighted by Gasteiger charge is -2.35. The smallest absolute Gasteiger partial charge is 0.136 e. The molecule has 3 atom stereocenters. The molecule has 0 amide bonds. The lowest BCUT2D eigenvalue weighted by molar-refractivity contribution is -0.128. The highest BCUT2D eigenvalue weighted by atomic mass is 16.1. The lowest BCUT2D eigenvalue weighted by Crippen LogP contribution is -2.34. The van der Waals surface area contributed by atoms with Gasteiger partial charge in [0.15, 0.2) is 0 Å². The van der Waals surface area contributed by atoms with E-state index < -0.39 is 0 Å². The van der Waals surface area contributed by atoms with Crippen molar-refractivity contribution < 1.29 is 4.79 Å². The van der Waals surface area contributed by atoms with Crippen LogP contribution in [0.2, 0.25) is 0 Å². The molecule has 0 radical (unpaired) electrons. The van der Waals surface area contributed by atoms with E-state index in [1.807, 2.05) is 0 Å². The minimum Gasteiger partial charge on any atom is -0.299 e. The molecule has 0 saturated heterocycles. The van der Waals surface area contributed by atoms with Gasteiger partial charge in [0.25, 0.3) is 0 Å². The summed E-state index contributed by atoms with van der Waals surface area (Å²) in [5, 5.41) is 0. The number of ketones is 1. The van der Waals surface area contributed by atoms with Crippen LogP contribution in [0.4, 0.5) is 0 Å². The Bertz CT molecular complexity index is 217. The number of carbonyl (C=O) groups excluding carboxylic acids is 1. The summed E-state index contributed by atoms with van der Waals surface area (Å²) >= 11 is 0. The molecule has 0 heterocycles. The van der Waals surface area contributed by atoms with E-state index in [1.54, 1.807) is 0 Å². The quantitative estimate of drug-likeness (QED) is 0.503. The Kier molecular flexibility index (Phi) is 2.03. The van der Waals surface area contributed by atoms with Gasteiger partial charge < -0.3 is 0 Å². The molecule has 0 spiro atoms. The second-order valence-electron chi connectivity index (χ2n) is 4.17. The molecule has 0 bridgehead atoms. The molecule has 1 fully saturated rings. The molecule has 0 unspecified atom stereocenters. The maximum Gasteiger partial charge on any atom is 0.136 e. The van der Waals surface area contributed by atoms with Gasteiger partial charge in [0.1, 0.15) is 5.78 Å². The highest BCUT2D eigenvalue weighted by Crippen LogP contribution is 2.38. The fraction of sp³-hybridized carbons (Fsp3) is 0.727. The summed E-state index contributed by atoms with van der Waals surface area (Å²) in [6, 6.07) is 0. The molecule has 1 heteroatoms. The first kappa shape index (κ1) is 8.03. The van der Waals surface area contributed by atoms with Crippen LogP contribution in [0.15, 0.2) is 12.2 Å². The standard InChI is InChI=1S/C11H16O/c1-8-4-2-5-9-6-3-7-10(12)11(8)9/h2,4,8-9,11H,3,5-7H2,1H3/t8-,9-,11+/m1/s1. The maximum atomic E-state index is 11.6. The van der Waals surface area contributed by atoms with Crippen LogP contribution in [-0.4, -0.2) is 5.78 Å². The zero-order valence-corrected chi connectivity index (χ0v) is 7.62. The molecule has 66 valence electrons. The SMILES string of the molecule is C[C@@H]1C=CC[C@@H]2CCCC(=O)[C@H]21. The van der Waals surface area contributed by atoms with Crippen molar-refractivity contribution in [3.8, 4) is 0 Å². The predicted molar refractivity (Wildman–Crippen MR) is 48.8 cm³/mol. The Hall–Kier alpha value is -0.590. The summed E-state index contributed by atoms with van der Waals surface area (Å²) in [5.74, 6) is 2.05. The van der Waals surface area contributed by atoms with Crippen molar-refractivity contribution in [2.75, 3.05) is 0 Å². The summed E-state index contributed by atoms with van der Waals surface area (Å²) in [5.41, 5.74) is 0. The van der Waals surface area contributed by atoms with Gasteiger partial charge in [-0.25, -0.2) is 0 Å². The molecular weight excluding hydrogens is 148 g/mol. The Morgan fingerprint density at radius 2 is 2.33 bits per heavy atom. The van der Waals surface area contributed by atoms with Crippen LogP contribution < -0.4 is 0 Å². The Morgan fingerprint density at radius 3 is 3.08 bits per heavy atom. The Labute approximate surface area is 73.8 Å². The number of carbonyl (C=O) groups is 1. The van der Waals surface area contributed by atoms with E-state index >= 15 is 0 Å². The Morgan fingerprint density at radius 1 is 1.50 bits per heavy atom. The lowest BCUT2D eigenvalue weighted by atomic mass is 9.68. The summed E-state index contributed by atoms with van der Waals surface area (Å²) in [4.78, 5) is 11.6. The van der Waals surface area contributed by atoms with Gasteiger partial charge >= 0.3 is 0 Å². The number of fused-ring (bicyclic) bond motifs is 1. The van der Waals surface area contributed by atoms with Crippen molar-refractivity contribution in [2.24, 2.45) is 17.8 Å². The molecule has 2 aliphatic carbocycles. The molecule has 0 aromatic carbocycles. The van der Waals surface area contributed by atoms with E-state index in [9.17, 15) is 4.79 Å².